The van der Waals surface area contributed by atoms with Crippen LogP contribution in [0.1, 0.15) is 39.2 Å². The predicted octanol–water partition coefficient (Wildman–Crippen LogP) is 3.85. The minimum atomic E-state index is -0.500. The molecule has 0 aliphatic carbocycles. The van der Waals surface area contributed by atoms with Gasteiger partial charge in [-0.3, -0.25) is 10.1 Å². The molecule has 2 rings (SSSR count). The number of rotatable bonds is 1. The van der Waals surface area contributed by atoms with Gasteiger partial charge in [0.15, 0.2) is 7.05 Å². The van der Waals surface area contributed by atoms with Crippen LogP contribution in [0.5, 0.6) is 0 Å². The van der Waals surface area contributed by atoms with Gasteiger partial charge in [0.05, 0.1) is 0 Å². The molecule has 0 aromatic heterocycles. The van der Waals surface area contributed by atoms with E-state index in [0.717, 1.165) is 7.05 Å². The Kier molecular flexibility index (Phi) is 5.50. The molecule has 0 spiro atoms. The first kappa shape index (κ1) is 16.0. The van der Waals surface area contributed by atoms with Crippen molar-refractivity contribution in [1.82, 2.24) is 5.32 Å². The monoisotopic (exact) mass is 274 g/mol. The molecule has 1 aromatic rings. The third-order valence-electron chi connectivity index (χ3n) is 3.56. The Balaban J connectivity index is 0.000000444. The molecule has 108 valence electrons. The number of benzene rings is 1. The van der Waals surface area contributed by atoms with Crippen molar-refractivity contribution in [1.29, 1.82) is 0 Å². The molecule has 0 saturated carbocycles. The first-order valence-corrected chi connectivity index (χ1v) is 6.59. The Morgan fingerprint density at radius 2 is 1.40 bits per heavy atom. The molecule has 1 aromatic carbocycles. The Morgan fingerprint density at radius 1 is 1.00 bits per heavy atom. The van der Waals surface area contributed by atoms with Gasteiger partial charge < -0.3 is 5.32 Å². The van der Waals surface area contributed by atoms with Crippen LogP contribution in [-0.4, -0.2) is 12.0 Å². The van der Waals surface area contributed by atoms with Gasteiger partial charge in [0.1, 0.15) is 0 Å². The van der Waals surface area contributed by atoms with Gasteiger partial charge in [-0.1, -0.05) is 30.3 Å². The first-order chi connectivity index (χ1) is 9.34. The van der Waals surface area contributed by atoms with Crippen LogP contribution in [0.2, 0.25) is 0 Å². The van der Waals surface area contributed by atoms with Crippen molar-refractivity contribution in [2.45, 2.75) is 33.6 Å². The molecule has 4 heteroatoms. The molecule has 1 aliphatic heterocycles. The number of nitro groups is 1. The number of nitrogens with zero attached hydrogens (tertiary/aromatic N) is 1. The van der Waals surface area contributed by atoms with E-state index in [1.807, 2.05) is 0 Å². The van der Waals surface area contributed by atoms with Crippen LogP contribution in [0.15, 0.2) is 52.9 Å². The highest BCUT2D eigenvalue weighted by atomic mass is 16.6. The maximum absolute atomic E-state index is 8.81. The maximum Gasteiger partial charge on any atom is 0.194 e. The Labute approximate surface area is 120 Å². The maximum atomic E-state index is 8.81. The summed E-state index contributed by atoms with van der Waals surface area (Å²) < 4.78 is 0. The Morgan fingerprint density at radius 3 is 1.80 bits per heavy atom. The summed E-state index contributed by atoms with van der Waals surface area (Å²) in [5.74, 6) is 0.447. The van der Waals surface area contributed by atoms with Crippen molar-refractivity contribution in [3.8, 4) is 0 Å². The zero-order valence-electron chi connectivity index (χ0n) is 12.7. The van der Waals surface area contributed by atoms with Crippen molar-refractivity contribution >= 4 is 0 Å². The van der Waals surface area contributed by atoms with Gasteiger partial charge in [-0.05, 0) is 44.4 Å². The number of hydrogen-bond donors (Lipinski definition) is 1. The molecule has 0 unspecified atom stereocenters. The topological polar surface area (TPSA) is 55.2 Å². The Hall–Kier alpha value is -2.10. The Bertz CT molecular complexity index is 517. The van der Waals surface area contributed by atoms with E-state index in [-0.39, 0.29) is 0 Å². The summed E-state index contributed by atoms with van der Waals surface area (Å²) in [7, 11) is 0.889. The fourth-order valence-electron chi connectivity index (χ4n) is 2.38. The second-order valence-corrected chi connectivity index (χ2v) is 5.02. The van der Waals surface area contributed by atoms with Crippen molar-refractivity contribution < 1.29 is 4.92 Å². The van der Waals surface area contributed by atoms with E-state index in [9.17, 15) is 0 Å². The third-order valence-corrected chi connectivity index (χ3v) is 3.56. The quantitative estimate of drug-likeness (QED) is 0.625. The zero-order chi connectivity index (χ0) is 15.3. The SMILES string of the molecule is CC1=C(C)C(c2ccccc2)C(C)=C(C)N1.C[N+](=O)[O-]. The number of dihydropyridines is 1. The van der Waals surface area contributed by atoms with Gasteiger partial charge in [-0.15, -0.1) is 0 Å². The molecular formula is C16H22N2O2. The number of allylic oxidation sites excluding steroid dienone is 4. The van der Waals surface area contributed by atoms with Gasteiger partial charge in [0.2, 0.25) is 0 Å². The van der Waals surface area contributed by atoms with Crippen LogP contribution in [0.3, 0.4) is 0 Å². The van der Waals surface area contributed by atoms with E-state index in [1.165, 1.54) is 28.1 Å². The standard InChI is InChI=1S/C15H19N.CH3NO2/c1-10-12(3)16-13(4)11(2)15(10)14-8-6-5-7-9-14;1-2(3)4/h5-9,15-16H,1-4H3;1H3. The van der Waals surface area contributed by atoms with Crippen molar-refractivity contribution in [3.63, 3.8) is 0 Å². The normalized spacial score (nSPS) is 15.4. The van der Waals surface area contributed by atoms with E-state index in [1.54, 1.807) is 0 Å². The van der Waals surface area contributed by atoms with Crippen LogP contribution in [-0.2, 0) is 0 Å². The number of nitrogens with one attached hydrogen (secondary N) is 1. The summed E-state index contributed by atoms with van der Waals surface area (Å²) in [5.41, 5.74) is 6.82. The molecule has 0 atom stereocenters. The smallest absolute Gasteiger partial charge is 0.194 e. The predicted molar refractivity (Wildman–Crippen MR) is 82.0 cm³/mol. The minimum Gasteiger partial charge on any atom is -0.363 e. The summed E-state index contributed by atoms with van der Waals surface area (Å²) >= 11 is 0. The lowest BCUT2D eigenvalue weighted by Crippen LogP contribution is -2.22. The van der Waals surface area contributed by atoms with Crippen molar-refractivity contribution in [2.75, 3.05) is 7.05 Å². The molecule has 0 saturated heterocycles. The molecule has 20 heavy (non-hydrogen) atoms. The van der Waals surface area contributed by atoms with Gasteiger partial charge >= 0.3 is 0 Å². The highest BCUT2D eigenvalue weighted by Gasteiger charge is 2.22. The minimum absolute atomic E-state index is 0.447. The fourth-order valence-corrected chi connectivity index (χ4v) is 2.38. The average Bonchev–Trinajstić information content (AvgIpc) is 2.37. The van der Waals surface area contributed by atoms with E-state index >= 15 is 0 Å². The van der Waals surface area contributed by atoms with E-state index in [2.05, 4.69) is 63.3 Å². The largest absolute Gasteiger partial charge is 0.363 e. The molecule has 1 aliphatic rings. The lowest BCUT2D eigenvalue weighted by atomic mass is 9.82. The second-order valence-electron chi connectivity index (χ2n) is 5.02. The molecular weight excluding hydrogens is 252 g/mol. The van der Waals surface area contributed by atoms with Crippen LogP contribution < -0.4 is 5.32 Å². The van der Waals surface area contributed by atoms with Crippen LogP contribution in [0, 0.1) is 10.1 Å². The van der Waals surface area contributed by atoms with Crippen molar-refractivity contribution in [2.24, 2.45) is 0 Å². The molecule has 0 fully saturated rings. The summed E-state index contributed by atoms with van der Waals surface area (Å²) in [6.45, 7) is 8.74. The highest BCUT2D eigenvalue weighted by Crippen LogP contribution is 2.36. The van der Waals surface area contributed by atoms with E-state index in [4.69, 9.17) is 10.1 Å². The van der Waals surface area contributed by atoms with Crippen LogP contribution in [0.4, 0.5) is 0 Å². The van der Waals surface area contributed by atoms with Gasteiger partial charge in [0, 0.05) is 22.2 Å². The third kappa shape index (κ3) is 3.95. The van der Waals surface area contributed by atoms with Gasteiger partial charge in [-0.25, -0.2) is 0 Å². The summed E-state index contributed by atoms with van der Waals surface area (Å²) in [6.07, 6.45) is 0. The average molecular weight is 274 g/mol. The lowest BCUT2D eigenvalue weighted by molar-refractivity contribution is -0.445. The summed E-state index contributed by atoms with van der Waals surface area (Å²) in [4.78, 5) is 8.31. The lowest BCUT2D eigenvalue weighted by Gasteiger charge is -2.29. The molecule has 1 heterocycles. The number of hydrogen-bond acceptors (Lipinski definition) is 3. The molecule has 1 N–H and O–H groups in total. The fraction of sp³-hybridized carbons (Fsp3) is 0.375. The van der Waals surface area contributed by atoms with Crippen LogP contribution in [0.25, 0.3) is 0 Å². The van der Waals surface area contributed by atoms with Gasteiger partial charge in [0.25, 0.3) is 0 Å². The van der Waals surface area contributed by atoms with Crippen LogP contribution >= 0.6 is 0 Å². The van der Waals surface area contributed by atoms with Gasteiger partial charge in [-0.2, -0.15) is 0 Å². The second kappa shape index (κ2) is 6.89. The first-order valence-electron chi connectivity index (χ1n) is 6.59. The highest BCUT2D eigenvalue weighted by molar-refractivity contribution is 5.43. The molecule has 0 amide bonds. The molecule has 4 nitrogen and oxygen atoms in total. The van der Waals surface area contributed by atoms with E-state index < -0.39 is 4.92 Å². The molecule has 0 radical (unpaired) electrons. The zero-order valence-corrected chi connectivity index (χ0v) is 12.7. The summed E-state index contributed by atoms with van der Waals surface area (Å²) in [5, 5.41) is 12.2. The van der Waals surface area contributed by atoms with E-state index in [0.29, 0.717) is 5.92 Å². The summed E-state index contributed by atoms with van der Waals surface area (Å²) in [6, 6.07) is 10.7. The molecule has 0 bridgehead atoms. The van der Waals surface area contributed by atoms with Crippen molar-refractivity contribution in [3.05, 3.63) is 68.5 Å².